The van der Waals surface area contributed by atoms with Crippen molar-refractivity contribution >= 4 is 12.3 Å². The Bertz CT molecular complexity index is 630. The number of hydrogen-bond acceptors (Lipinski definition) is 3. The SMILES string of the molecule is C=C.CC.N#CC(c1ccccc1)(c1ccccc1)C1CCN(SF)C1. The third-order valence-electron chi connectivity index (χ3n) is 4.50. The second-order valence-electron chi connectivity index (χ2n) is 5.59. The van der Waals surface area contributed by atoms with Crippen LogP contribution in [-0.4, -0.2) is 17.4 Å². The standard InChI is InChI=1S/C18H17FN2S.C2H6.C2H4/c19-22-21-12-11-17(13-21)18(14-20,15-7-3-1-4-8-15)16-9-5-2-6-10-16;2*1-2/h1-10,17H,11-13H2;1-2H3;1-2H2. The first-order valence-electron chi connectivity index (χ1n) is 8.87. The molecule has 0 amide bonds. The van der Waals surface area contributed by atoms with Gasteiger partial charge in [0, 0.05) is 19.0 Å². The molecule has 0 spiro atoms. The molecular weight excluding hydrogens is 343 g/mol. The van der Waals surface area contributed by atoms with Crippen LogP contribution in [0.1, 0.15) is 31.4 Å². The number of nitriles is 1. The van der Waals surface area contributed by atoms with E-state index < -0.39 is 5.41 Å². The first-order chi connectivity index (χ1) is 12.8. The minimum Gasteiger partial charge on any atom is -0.222 e. The zero-order valence-electron chi connectivity index (χ0n) is 15.6. The summed E-state index contributed by atoms with van der Waals surface area (Å²) in [4.78, 5) is 0. The van der Waals surface area contributed by atoms with Gasteiger partial charge in [-0.25, -0.2) is 4.31 Å². The fraction of sp³-hybridized carbons (Fsp3) is 0.318. The molecule has 1 heterocycles. The number of hydrogen-bond donors (Lipinski definition) is 0. The minimum atomic E-state index is -0.729. The van der Waals surface area contributed by atoms with Crippen molar-refractivity contribution < 1.29 is 3.89 Å². The summed E-state index contributed by atoms with van der Waals surface area (Å²) in [6, 6.07) is 22.3. The molecule has 1 aliphatic heterocycles. The summed E-state index contributed by atoms with van der Waals surface area (Å²) in [5, 5.41) is 10.1. The molecule has 1 atom stereocenters. The lowest BCUT2D eigenvalue weighted by Crippen LogP contribution is -2.36. The number of benzene rings is 2. The molecule has 1 unspecified atom stereocenters. The van der Waals surface area contributed by atoms with Gasteiger partial charge < -0.3 is 0 Å². The van der Waals surface area contributed by atoms with E-state index >= 15 is 0 Å². The van der Waals surface area contributed by atoms with Crippen molar-refractivity contribution in [3.8, 4) is 6.07 Å². The van der Waals surface area contributed by atoms with Crippen LogP contribution >= 0.6 is 12.3 Å². The molecule has 26 heavy (non-hydrogen) atoms. The van der Waals surface area contributed by atoms with Crippen molar-refractivity contribution in [3.63, 3.8) is 0 Å². The summed E-state index contributed by atoms with van der Waals surface area (Å²) < 4.78 is 14.6. The van der Waals surface area contributed by atoms with E-state index in [0.717, 1.165) is 17.5 Å². The lowest BCUT2D eigenvalue weighted by atomic mass is 9.66. The molecule has 1 saturated heterocycles. The van der Waals surface area contributed by atoms with Crippen LogP contribution in [0.4, 0.5) is 3.89 Å². The zero-order chi connectivity index (χ0) is 19.4. The highest BCUT2D eigenvalue weighted by molar-refractivity contribution is 7.91. The summed E-state index contributed by atoms with van der Waals surface area (Å²) in [6.45, 7) is 11.3. The van der Waals surface area contributed by atoms with E-state index in [2.05, 4.69) is 19.2 Å². The topological polar surface area (TPSA) is 27.0 Å². The maximum atomic E-state index is 12.9. The maximum Gasteiger partial charge on any atom is 0.134 e. The quantitative estimate of drug-likeness (QED) is 0.475. The van der Waals surface area contributed by atoms with Crippen LogP contribution in [0.15, 0.2) is 73.8 Å². The predicted molar refractivity (Wildman–Crippen MR) is 110 cm³/mol. The number of nitrogens with zero attached hydrogens (tertiary/aromatic N) is 2. The summed E-state index contributed by atoms with van der Waals surface area (Å²) in [5.74, 6) is 0.0746. The lowest BCUT2D eigenvalue weighted by molar-refractivity contribution is 0.404. The highest BCUT2D eigenvalue weighted by Crippen LogP contribution is 2.44. The van der Waals surface area contributed by atoms with E-state index in [1.807, 2.05) is 74.5 Å². The van der Waals surface area contributed by atoms with Crippen molar-refractivity contribution in [2.24, 2.45) is 5.92 Å². The third kappa shape index (κ3) is 4.55. The highest BCUT2D eigenvalue weighted by Gasteiger charge is 2.45. The first kappa shape index (κ1) is 22.0. The van der Waals surface area contributed by atoms with E-state index in [4.69, 9.17) is 0 Å². The molecule has 2 aromatic rings. The molecule has 0 N–H and O–H groups in total. The van der Waals surface area contributed by atoms with Crippen LogP contribution in [0.25, 0.3) is 0 Å². The van der Waals surface area contributed by atoms with Crippen LogP contribution in [0.5, 0.6) is 0 Å². The Morgan fingerprint density at radius 2 is 1.50 bits per heavy atom. The van der Waals surface area contributed by atoms with Gasteiger partial charge in [-0.2, -0.15) is 5.26 Å². The predicted octanol–water partition coefficient (Wildman–Crippen LogP) is 6.18. The van der Waals surface area contributed by atoms with Crippen LogP contribution in [0.3, 0.4) is 0 Å². The Balaban J connectivity index is 0.000000791. The molecule has 2 nitrogen and oxygen atoms in total. The molecule has 4 heteroatoms. The molecule has 0 aromatic heterocycles. The second-order valence-corrected chi connectivity index (χ2v) is 6.25. The van der Waals surface area contributed by atoms with Crippen LogP contribution in [0.2, 0.25) is 0 Å². The van der Waals surface area contributed by atoms with Crippen molar-refractivity contribution in [2.45, 2.75) is 25.7 Å². The van der Waals surface area contributed by atoms with E-state index in [1.165, 1.54) is 0 Å². The maximum absolute atomic E-state index is 12.9. The summed E-state index contributed by atoms with van der Waals surface area (Å²) >= 11 is 0.277. The van der Waals surface area contributed by atoms with Gasteiger partial charge in [0.2, 0.25) is 0 Å². The van der Waals surface area contributed by atoms with Crippen molar-refractivity contribution in [1.82, 2.24) is 4.31 Å². The van der Waals surface area contributed by atoms with Gasteiger partial charge in [-0.05, 0) is 17.5 Å². The van der Waals surface area contributed by atoms with Crippen molar-refractivity contribution in [1.29, 1.82) is 5.26 Å². The van der Waals surface area contributed by atoms with Gasteiger partial charge in [-0.15, -0.1) is 17.0 Å². The Morgan fingerprint density at radius 1 is 1.04 bits per heavy atom. The Kier molecular flexibility index (Phi) is 9.72. The molecule has 0 bridgehead atoms. The van der Waals surface area contributed by atoms with Gasteiger partial charge in [0.05, 0.1) is 6.07 Å². The van der Waals surface area contributed by atoms with Gasteiger partial charge in [0.25, 0.3) is 0 Å². The normalized spacial score (nSPS) is 16.5. The Labute approximate surface area is 161 Å². The molecular formula is C22H27FN2S. The van der Waals surface area contributed by atoms with Gasteiger partial charge in [0.1, 0.15) is 17.7 Å². The molecule has 3 rings (SSSR count). The van der Waals surface area contributed by atoms with Crippen molar-refractivity contribution in [2.75, 3.05) is 13.1 Å². The van der Waals surface area contributed by atoms with E-state index in [1.54, 1.807) is 4.31 Å². The molecule has 0 saturated carbocycles. The Morgan fingerprint density at radius 3 is 1.85 bits per heavy atom. The minimum absolute atomic E-state index is 0.0746. The highest BCUT2D eigenvalue weighted by atomic mass is 32.2. The van der Waals surface area contributed by atoms with E-state index in [0.29, 0.717) is 13.1 Å². The zero-order valence-corrected chi connectivity index (χ0v) is 16.4. The fourth-order valence-electron chi connectivity index (χ4n) is 3.40. The number of halogens is 1. The summed E-state index contributed by atoms with van der Waals surface area (Å²) in [7, 11) is 0. The second kappa shape index (κ2) is 11.5. The van der Waals surface area contributed by atoms with Crippen LogP contribution in [-0.2, 0) is 5.41 Å². The van der Waals surface area contributed by atoms with E-state index in [9.17, 15) is 9.15 Å². The van der Waals surface area contributed by atoms with Crippen molar-refractivity contribution in [3.05, 3.63) is 84.9 Å². The molecule has 1 aliphatic rings. The smallest absolute Gasteiger partial charge is 0.134 e. The van der Waals surface area contributed by atoms with Gasteiger partial charge in [-0.3, -0.25) is 0 Å². The third-order valence-corrected chi connectivity index (χ3v) is 5.02. The molecule has 0 aliphatic carbocycles. The van der Waals surface area contributed by atoms with Gasteiger partial charge >= 0.3 is 0 Å². The molecule has 0 radical (unpaired) electrons. The average molecular weight is 371 g/mol. The fourth-order valence-corrected chi connectivity index (χ4v) is 3.82. The molecule has 138 valence electrons. The van der Waals surface area contributed by atoms with Gasteiger partial charge in [-0.1, -0.05) is 74.5 Å². The summed E-state index contributed by atoms with van der Waals surface area (Å²) in [5.41, 5.74) is 1.24. The first-order valence-corrected chi connectivity index (χ1v) is 9.54. The average Bonchev–Trinajstić information content (AvgIpc) is 3.23. The molecule has 1 fully saturated rings. The number of rotatable bonds is 4. The molecule has 2 aromatic carbocycles. The van der Waals surface area contributed by atoms with Crippen LogP contribution in [0, 0.1) is 17.2 Å². The van der Waals surface area contributed by atoms with Crippen LogP contribution < -0.4 is 0 Å². The Hall–Kier alpha value is -2.09. The van der Waals surface area contributed by atoms with Gasteiger partial charge in [0.15, 0.2) is 0 Å². The largest absolute Gasteiger partial charge is 0.222 e. The monoisotopic (exact) mass is 370 g/mol. The lowest BCUT2D eigenvalue weighted by Gasteiger charge is -2.33. The van der Waals surface area contributed by atoms with E-state index in [-0.39, 0.29) is 18.3 Å². The summed E-state index contributed by atoms with van der Waals surface area (Å²) in [6.07, 6.45) is 0.814.